The van der Waals surface area contributed by atoms with Crippen LogP contribution in [-0.2, 0) is 5.41 Å². The van der Waals surface area contributed by atoms with E-state index in [-0.39, 0.29) is 22.6 Å². The molecule has 0 bridgehead atoms. The summed E-state index contributed by atoms with van der Waals surface area (Å²) in [4.78, 5) is 26.6. The highest BCUT2D eigenvalue weighted by Crippen LogP contribution is 2.41. The van der Waals surface area contributed by atoms with Gasteiger partial charge < -0.3 is 14.9 Å². The van der Waals surface area contributed by atoms with Crippen LogP contribution in [0.3, 0.4) is 0 Å². The van der Waals surface area contributed by atoms with Crippen LogP contribution in [-0.4, -0.2) is 63.0 Å². The van der Waals surface area contributed by atoms with E-state index in [1.165, 1.54) is 12.8 Å². The Kier molecular flexibility index (Phi) is 7.78. The van der Waals surface area contributed by atoms with Gasteiger partial charge in [-0.15, -0.1) is 0 Å². The fourth-order valence-corrected chi connectivity index (χ4v) is 4.77. The maximum absolute atomic E-state index is 12.9. The normalized spacial score (nSPS) is 17.5. The van der Waals surface area contributed by atoms with E-state index in [0.29, 0.717) is 11.5 Å². The summed E-state index contributed by atoms with van der Waals surface area (Å²) in [5.74, 6) is 1.58. The number of hydrogen-bond donors (Lipinski definition) is 1. The molecule has 0 saturated carbocycles. The summed E-state index contributed by atoms with van der Waals surface area (Å²) in [6.45, 7) is 13.6. The Morgan fingerprint density at radius 3 is 2.39 bits per heavy atom. The highest BCUT2D eigenvalue weighted by molar-refractivity contribution is 5.93. The number of piperidine rings is 1. The lowest BCUT2D eigenvalue weighted by Gasteiger charge is -2.42. The van der Waals surface area contributed by atoms with Gasteiger partial charge in [0.15, 0.2) is 0 Å². The lowest BCUT2D eigenvalue weighted by molar-refractivity contribution is 0.0654. The molecule has 0 radical (unpaired) electrons. The van der Waals surface area contributed by atoms with E-state index in [9.17, 15) is 9.90 Å². The third-order valence-electron chi connectivity index (χ3n) is 7.10. The van der Waals surface area contributed by atoms with E-state index in [0.717, 1.165) is 43.9 Å². The van der Waals surface area contributed by atoms with Crippen LogP contribution in [0.15, 0.2) is 36.7 Å². The maximum Gasteiger partial charge on any atom is 0.257 e. The zero-order chi connectivity index (χ0) is 24.2. The molecule has 1 amide bonds. The average Bonchev–Trinajstić information content (AvgIpc) is 2.78. The number of hydrogen-bond acceptors (Lipinski definition) is 5. The van der Waals surface area contributed by atoms with E-state index in [4.69, 9.17) is 9.97 Å². The minimum absolute atomic E-state index is 0.0832. The van der Waals surface area contributed by atoms with E-state index in [1.807, 2.05) is 32.9 Å². The number of aromatic hydroxyl groups is 1. The zero-order valence-corrected chi connectivity index (χ0v) is 21.1. The van der Waals surface area contributed by atoms with Gasteiger partial charge in [0.2, 0.25) is 0 Å². The number of phenolic OH excluding ortho intramolecular Hbond substituents is 1. The summed E-state index contributed by atoms with van der Waals surface area (Å²) in [5, 5.41) is 10.2. The first-order valence-electron chi connectivity index (χ1n) is 12.2. The van der Waals surface area contributed by atoms with E-state index >= 15 is 0 Å². The van der Waals surface area contributed by atoms with Crippen LogP contribution in [0, 0.1) is 5.92 Å². The van der Waals surface area contributed by atoms with Gasteiger partial charge in [0, 0.05) is 31.5 Å². The van der Waals surface area contributed by atoms with Crippen molar-refractivity contribution in [3.63, 3.8) is 0 Å². The lowest BCUT2D eigenvalue weighted by Crippen LogP contribution is -2.45. The van der Waals surface area contributed by atoms with Crippen LogP contribution in [0.2, 0.25) is 0 Å². The number of rotatable bonds is 7. The van der Waals surface area contributed by atoms with Gasteiger partial charge in [0.25, 0.3) is 5.91 Å². The van der Waals surface area contributed by atoms with Gasteiger partial charge in [-0.2, -0.15) is 0 Å². The van der Waals surface area contributed by atoms with Crippen LogP contribution in [0.1, 0.15) is 82.0 Å². The predicted octanol–water partition coefficient (Wildman–Crippen LogP) is 4.87. The van der Waals surface area contributed by atoms with Crippen molar-refractivity contribution in [2.24, 2.45) is 5.92 Å². The molecule has 6 nitrogen and oxygen atoms in total. The van der Waals surface area contributed by atoms with Gasteiger partial charge in [-0.3, -0.25) is 4.79 Å². The second-order valence-corrected chi connectivity index (χ2v) is 10.7. The van der Waals surface area contributed by atoms with Crippen molar-refractivity contribution < 1.29 is 9.90 Å². The molecule has 1 atom stereocenters. The van der Waals surface area contributed by atoms with Crippen molar-refractivity contribution in [3.05, 3.63) is 53.6 Å². The first kappa shape index (κ1) is 25.2. The Morgan fingerprint density at radius 2 is 1.85 bits per heavy atom. The topological polar surface area (TPSA) is 69.6 Å². The Balaban J connectivity index is 1.88. The molecule has 1 unspecified atom stereocenters. The molecule has 1 aliphatic heterocycles. The Morgan fingerprint density at radius 1 is 1.21 bits per heavy atom. The third-order valence-corrected chi connectivity index (χ3v) is 7.10. The molecule has 2 heterocycles. The third kappa shape index (κ3) is 5.72. The number of aromatic nitrogens is 2. The number of benzene rings is 1. The first-order chi connectivity index (χ1) is 15.6. The number of nitrogens with zero attached hydrogens (tertiary/aromatic N) is 4. The highest BCUT2D eigenvalue weighted by Gasteiger charge is 2.41. The number of amides is 1. The molecule has 1 fully saturated rings. The molecule has 0 aliphatic carbocycles. The second-order valence-electron chi connectivity index (χ2n) is 10.7. The van der Waals surface area contributed by atoms with Crippen LogP contribution >= 0.6 is 0 Å². The van der Waals surface area contributed by atoms with E-state index in [1.54, 1.807) is 30.4 Å². The monoisotopic (exact) mass is 452 g/mol. The molecule has 1 aliphatic rings. The fraction of sp³-hybridized carbons (Fsp3) is 0.593. The van der Waals surface area contributed by atoms with Gasteiger partial charge in [-0.1, -0.05) is 32.4 Å². The second kappa shape index (κ2) is 10.2. The smallest absolute Gasteiger partial charge is 0.257 e. The Labute approximate surface area is 199 Å². The van der Waals surface area contributed by atoms with Gasteiger partial charge in [0.1, 0.15) is 11.6 Å². The van der Waals surface area contributed by atoms with Gasteiger partial charge in [0.05, 0.1) is 11.0 Å². The molecule has 180 valence electrons. The van der Waals surface area contributed by atoms with Crippen molar-refractivity contribution in [1.29, 1.82) is 0 Å². The zero-order valence-electron chi connectivity index (χ0n) is 21.1. The quantitative estimate of drug-likeness (QED) is 0.649. The van der Waals surface area contributed by atoms with Crippen molar-refractivity contribution in [1.82, 2.24) is 19.8 Å². The molecular weight excluding hydrogens is 412 g/mol. The van der Waals surface area contributed by atoms with Crippen LogP contribution < -0.4 is 0 Å². The fourth-order valence-electron chi connectivity index (χ4n) is 4.77. The van der Waals surface area contributed by atoms with E-state index < -0.39 is 0 Å². The molecule has 33 heavy (non-hydrogen) atoms. The molecule has 1 aromatic carbocycles. The Bertz CT molecular complexity index is 928. The molecule has 1 aromatic heterocycles. The maximum atomic E-state index is 12.9. The molecule has 3 rings (SSSR count). The minimum Gasteiger partial charge on any atom is -0.508 e. The minimum atomic E-state index is -0.374. The number of phenols is 1. The number of carbonyl (C=O) groups excluding carboxylic acids is 1. The van der Waals surface area contributed by atoms with Crippen LogP contribution in [0.5, 0.6) is 5.75 Å². The van der Waals surface area contributed by atoms with Gasteiger partial charge >= 0.3 is 0 Å². The lowest BCUT2D eigenvalue weighted by atomic mass is 9.71. The summed E-state index contributed by atoms with van der Waals surface area (Å²) in [7, 11) is 1.81. The largest absolute Gasteiger partial charge is 0.508 e. The standard InChI is InChI=1S/C27H40N4O2/c1-7-9-20(2)19-31-14-12-27(13-15-31,22-10-8-11-23(32)16-22)25-28-17-21(18-29-25)24(33)30(6)26(3,4)5/h8,10-11,16-18,20,32H,7,9,12-15,19H2,1-6H3. The van der Waals surface area contributed by atoms with Crippen LogP contribution in [0.25, 0.3) is 0 Å². The highest BCUT2D eigenvalue weighted by atomic mass is 16.3. The summed E-state index contributed by atoms with van der Waals surface area (Å²) >= 11 is 0. The van der Waals surface area contributed by atoms with Gasteiger partial charge in [-0.05, 0) is 76.7 Å². The van der Waals surface area contributed by atoms with Crippen molar-refractivity contribution in [3.8, 4) is 5.75 Å². The first-order valence-corrected chi connectivity index (χ1v) is 12.2. The summed E-state index contributed by atoms with van der Waals surface area (Å²) in [5.41, 5.74) is 0.879. The Hall–Kier alpha value is -2.47. The van der Waals surface area contributed by atoms with Crippen molar-refractivity contribution in [2.75, 3.05) is 26.7 Å². The van der Waals surface area contributed by atoms with Crippen molar-refractivity contribution in [2.45, 2.75) is 71.3 Å². The van der Waals surface area contributed by atoms with Crippen LogP contribution in [0.4, 0.5) is 0 Å². The number of likely N-dealkylation sites (tertiary alicyclic amines) is 1. The molecule has 6 heteroatoms. The van der Waals surface area contributed by atoms with E-state index in [2.05, 4.69) is 24.8 Å². The molecule has 0 spiro atoms. The summed E-state index contributed by atoms with van der Waals surface area (Å²) in [6, 6.07) is 7.48. The molecule has 1 N–H and O–H groups in total. The van der Waals surface area contributed by atoms with Gasteiger partial charge in [-0.25, -0.2) is 9.97 Å². The average molecular weight is 453 g/mol. The number of carbonyl (C=O) groups is 1. The summed E-state index contributed by atoms with van der Waals surface area (Å²) in [6.07, 6.45) is 7.54. The molecule has 1 saturated heterocycles. The summed E-state index contributed by atoms with van der Waals surface area (Å²) < 4.78 is 0. The predicted molar refractivity (Wildman–Crippen MR) is 133 cm³/mol. The van der Waals surface area contributed by atoms with Crippen molar-refractivity contribution >= 4 is 5.91 Å². The molecular formula is C27H40N4O2. The SMILES string of the molecule is CCCC(C)CN1CCC(c2cccc(O)c2)(c2ncc(C(=O)N(C)C(C)(C)C)cn2)CC1. The molecule has 2 aromatic rings.